The molecule has 1 aromatic heterocycles. The molecule has 2 amide bonds. The van der Waals surface area contributed by atoms with Gasteiger partial charge in [-0.15, -0.1) is 0 Å². The van der Waals surface area contributed by atoms with Crippen molar-refractivity contribution in [1.82, 2.24) is 10.3 Å². The molecule has 5 nitrogen and oxygen atoms in total. The first-order chi connectivity index (χ1) is 9.74. The molecule has 0 aliphatic rings. The monoisotopic (exact) mass is 271 g/mol. The fourth-order valence-corrected chi connectivity index (χ4v) is 1.77. The molecular formula is C15H17N3O2. The summed E-state index contributed by atoms with van der Waals surface area (Å²) in [5, 5.41) is 15.1. The molecule has 0 aliphatic heterocycles. The summed E-state index contributed by atoms with van der Waals surface area (Å²) in [4.78, 5) is 15.6. The van der Waals surface area contributed by atoms with E-state index in [1.165, 1.54) is 0 Å². The van der Waals surface area contributed by atoms with E-state index in [0.717, 1.165) is 5.56 Å². The van der Waals surface area contributed by atoms with E-state index in [2.05, 4.69) is 15.6 Å². The number of urea groups is 1. The average Bonchev–Trinajstić information content (AvgIpc) is 2.47. The Labute approximate surface area is 117 Å². The fourth-order valence-electron chi connectivity index (χ4n) is 1.77. The lowest BCUT2D eigenvalue weighted by atomic mass is 10.1. The molecule has 0 radical (unpaired) electrons. The highest BCUT2D eigenvalue weighted by atomic mass is 16.3. The number of rotatable bonds is 5. The average molecular weight is 271 g/mol. The third-order valence-corrected chi connectivity index (χ3v) is 2.72. The first-order valence-electron chi connectivity index (χ1n) is 6.42. The number of pyridine rings is 1. The number of anilines is 1. The van der Waals surface area contributed by atoms with Gasteiger partial charge in [-0.1, -0.05) is 36.4 Å². The summed E-state index contributed by atoms with van der Waals surface area (Å²) >= 11 is 0. The molecular weight excluding hydrogens is 254 g/mol. The number of aliphatic hydroxyl groups is 1. The number of carbonyl (C=O) groups excluding carboxylic acids is 1. The van der Waals surface area contributed by atoms with Gasteiger partial charge in [0.15, 0.2) is 0 Å². The van der Waals surface area contributed by atoms with Crippen LogP contribution in [0, 0.1) is 0 Å². The predicted octanol–water partition coefficient (Wildman–Crippen LogP) is 1.81. The number of aliphatic hydroxyl groups excluding tert-OH is 1. The Morgan fingerprint density at radius 2 is 1.90 bits per heavy atom. The molecule has 1 atom stereocenters. The number of hydrogen-bond acceptors (Lipinski definition) is 3. The van der Waals surface area contributed by atoms with Crippen molar-refractivity contribution in [3.8, 4) is 0 Å². The van der Waals surface area contributed by atoms with Crippen molar-refractivity contribution in [2.45, 2.75) is 12.5 Å². The fraction of sp³-hybridized carbons (Fsp3) is 0.200. The van der Waals surface area contributed by atoms with Crippen LogP contribution in [-0.2, 0) is 6.42 Å². The van der Waals surface area contributed by atoms with Crippen molar-refractivity contribution < 1.29 is 9.90 Å². The molecule has 0 fully saturated rings. The predicted molar refractivity (Wildman–Crippen MR) is 77.4 cm³/mol. The number of hydrogen-bond donors (Lipinski definition) is 3. The second-order valence-electron chi connectivity index (χ2n) is 4.39. The van der Waals surface area contributed by atoms with Gasteiger partial charge in [0, 0.05) is 19.2 Å². The molecule has 2 aromatic rings. The minimum atomic E-state index is -0.619. The Morgan fingerprint density at radius 1 is 1.15 bits per heavy atom. The lowest BCUT2D eigenvalue weighted by Gasteiger charge is -2.12. The highest BCUT2D eigenvalue weighted by Gasteiger charge is 2.08. The van der Waals surface area contributed by atoms with E-state index in [-0.39, 0.29) is 12.6 Å². The quantitative estimate of drug-likeness (QED) is 0.776. The number of nitrogens with zero attached hydrogens (tertiary/aromatic N) is 1. The highest BCUT2D eigenvalue weighted by molar-refractivity contribution is 5.88. The van der Waals surface area contributed by atoms with Crippen LogP contribution in [0.4, 0.5) is 10.6 Å². The van der Waals surface area contributed by atoms with Crippen molar-refractivity contribution in [2.75, 3.05) is 11.9 Å². The Balaban J connectivity index is 1.73. The standard InChI is InChI=1S/C15H17N3O2/c19-13(10-12-6-2-1-3-7-12)11-17-15(20)18-14-8-4-5-9-16-14/h1-9,13,19H,10-11H2,(H2,16,17,18,20). The van der Waals surface area contributed by atoms with Crippen LogP contribution in [0.25, 0.3) is 0 Å². The van der Waals surface area contributed by atoms with E-state index < -0.39 is 6.10 Å². The van der Waals surface area contributed by atoms with E-state index in [1.54, 1.807) is 24.4 Å². The number of carbonyl (C=O) groups is 1. The summed E-state index contributed by atoms with van der Waals surface area (Å²) in [5.41, 5.74) is 1.03. The van der Waals surface area contributed by atoms with Gasteiger partial charge >= 0.3 is 6.03 Å². The molecule has 20 heavy (non-hydrogen) atoms. The zero-order valence-corrected chi connectivity index (χ0v) is 11.0. The lowest BCUT2D eigenvalue weighted by molar-refractivity contribution is 0.172. The minimum Gasteiger partial charge on any atom is -0.391 e. The van der Waals surface area contributed by atoms with Gasteiger partial charge in [0.05, 0.1) is 6.10 Å². The molecule has 0 bridgehead atoms. The number of aromatic nitrogens is 1. The van der Waals surface area contributed by atoms with Crippen LogP contribution in [0.15, 0.2) is 54.7 Å². The third-order valence-electron chi connectivity index (χ3n) is 2.72. The van der Waals surface area contributed by atoms with Gasteiger partial charge in [0.25, 0.3) is 0 Å². The summed E-state index contributed by atoms with van der Waals surface area (Å²) < 4.78 is 0. The maximum absolute atomic E-state index is 11.6. The lowest BCUT2D eigenvalue weighted by Crippen LogP contribution is -2.36. The van der Waals surface area contributed by atoms with Gasteiger partial charge in [0.1, 0.15) is 5.82 Å². The number of nitrogens with one attached hydrogen (secondary N) is 2. The minimum absolute atomic E-state index is 0.188. The molecule has 104 valence electrons. The molecule has 0 saturated heterocycles. The van der Waals surface area contributed by atoms with Crippen LogP contribution in [0.5, 0.6) is 0 Å². The van der Waals surface area contributed by atoms with E-state index in [0.29, 0.717) is 12.2 Å². The molecule has 0 saturated carbocycles. The van der Waals surface area contributed by atoms with Crippen molar-refractivity contribution in [2.24, 2.45) is 0 Å². The molecule has 1 unspecified atom stereocenters. The Bertz CT molecular complexity index is 531. The Kier molecular flexibility index (Phi) is 5.08. The zero-order chi connectivity index (χ0) is 14.2. The van der Waals surface area contributed by atoms with Gasteiger partial charge in [-0.25, -0.2) is 9.78 Å². The third kappa shape index (κ3) is 4.70. The summed E-state index contributed by atoms with van der Waals surface area (Å²) in [6.07, 6.45) is 1.48. The van der Waals surface area contributed by atoms with Crippen LogP contribution in [0.2, 0.25) is 0 Å². The molecule has 0 spiro atoms. The van der Waals surface area contributed by atoms with Crippen LogP contribution >= 0.6 is 0 Å². The smallest absolute Gasteiger partial charge is 0.320 e. The normalized spacial score (nSPS) is 11.7. The Hall–Kier alpha value is -2.40. The summed E-state index contributed by atoms with van der Waals surface area (Å²) in [7, 11) is 0. The van der Waals surface area contributed by atoms with Crippen molar-refractivity contribution in [3.63, 3.8) is 0 Å². The summed E-state index contributed by atoms with van der Waals surface area (Å²) in [6.45, 7) is 0.188. The van der Waals surface area contributed by atoms with Crippen LogP contribution in [0.1, 0.15) is 5.56 Å². The largest absolute Gasteiger partial charge is 0.391 e. The second-order valence-corrected chi connectivity index (χ2v) is 4.39. The van der Waals surface area contributed by atoms with E-state index >= 15 is 0 Å². The Morgan fingerprint density at radius 3 is 2.60 bits per heavy atom. The summed E-state index contributed by atoms with van der Waals surface area (Å²) in [5.74, 6) is 0.475. The SMILES string of the molecule is O=C(NCC(O)Cc1ccccc1)Nc1ccccn1. The molecule has 2 rings (SSSR count). The van der Waals surface area contributed by atoms with Gasteiger partial charge in [-0.2, -0.15) is 0 Å². The maximum Gasteiger partial charge on any atom is 0.320 e. The van der Waals surface area contributed by atoms with Gasteiger partial charge in [-0.05, 0) is 17.7 Å². The van der Waals surface area contributed by atoms with Crippen LogP contribution in [-0.4, -0.2) is 28.8 Å². The molecule has 1 aromatic carbocycles. The van der Waals surface area contributed by atoms with Crippen LogP contribution in [0.3, 0.4) is 0 Å². The molecule has 0 aliphatic carbocycles. The maximum atomic E-state index is 11.6. The van der Waals surface area contributed by atoms with Crippen molar-refractivity contribution in [3.05, 3.63) is 60.3 Å². The van der Waals surface area contributed by atoms with E-state index in [9.17, 15) is 9.90 Å². The zero-order valence-electron chi connectivity index (χ0n) is 11.0. The molecule has 3 N–H and O–H groups in total. The van der Waals surface area contributed by atoms with E-state index in [4.69, 9.17) is 0 Å². The summed E-state index contributed by atoms with van der Waals surface area (Å²) in [6, 6.07) is 14.5. The van der Waals surface area contributed by atoms with Crippen molar-refractivity contribution >= 4 is 11.8 Å². The topological polar surface area (TPSA) is 74.2 Å². The molecule has 5 heteroatoms. The van der Waals surface area contributed by atoms with Gasteiger partial charge < -0.3 is 10.4 Å². The first-order valence-corrected chi connectivity index (χ1v) is 6.42. The van der Waals surface area contributed by atoms with Crippen molar-refractivity contribution in [1.29, 1.82) is 0 Å². The van der Waals surface area contributed by atoms with Gasteiger partial charge in [0.2, 0.25) is 0 Å². The van der Waals surface area contributed by atoms with Gasteiger partial charge in [-0.3, -0.25) is 5.32 Å². The van der Waals surface area contributed by atoms with Crippen LogP contribution < -0.4 is 10.6 Å². The highest BCUT2D eigenvalue weighted by Crippen LogP contribution is 2.03. The molecule has 1 heterocycles. The van der Waals surface area contributed by atoms with E-state index in [1.807, 2.05) is 30.3 Å². The first kappa shape index (κ1) is 14.0. The second kappa shape index (κ2) is 7.25. The number of benzene rings is 1. The number of amides is 2.